The fraction of sp³-hybridized carbons (Fsp3) is 0.350. The Hall–Kier alpha value is -2.31. The summed E-state index contributed by atoms with van der Waals surface area (Å²) in [6.45, 7) is 5.23. The van der Waals surface area contributed by atoms with Crippen LogP contribution in [-0.4, -0.2) is 45.2 Å². The van der Waals surface area contributed by atoms with Gasteiger partial charge in [-0.15, -0.1) is 0 Å². The van der Waals surface area contributed by atoms with Gasteiger partial charge in [0, 0.05) is 10.7 Å². The molecule has 1 fully saturated rings. The number of nitrogens with one attached hydrogen (secondary N) is 2. The lowest BCUT2D eigenvalue weighted by atomic mass is 10.2. The average molecular weight is 393 g/mol. The van der Waals surface area contributed by atoms with Gasteiger partial charge in [-0.3, -0.25) is 4.79 Å². The Morgan fingerprint density at radius 2 is 1.89 bits per heavy atom. The number of carbonyl (C=O) groups excluding carboxylic acids is 1. The van der Waals surface area contributed by atoms with Crippen LogP contribution in [0.15, 0.2) is 42.5 Å². The predicted molar refractivity (Wildman–Crippen MR) is 105 cm³/mol. The van der Waals surface area contributed by atoms with Gasteiger partial charge in [0.1, 0.15) is 11.6 Å². The van der Waals surface area contributed by atoms with E-state index in [9.17, 15) is 9.18 Å². The van der Waals surface area contributed by atoms with Crippen LogP contribution in [0.1, 0.15) is 6.92 Å². The summed E-state index contributed by atoms with van der Waals surface area (Å²) in [6, 6.07) is 11.5. The first kappa shape index (κ1) is 19.5. The van der Waals surface area contributed by atoms with Crippen LogP contribution in [0.3, 0.4) is 0 Å². The Bertz CT molecular complexity index is 792. The fourth-order valence-corrected chi connectivity index (χ4v) is 3.51. The Labute approximate surface area is 163 Å². The van der Waals surface area contributed by atoms with Crippen molar-refractivity contribution in [3.63, 3.8) is 0 Å². The second-order valence-corrected chi connectivity index (χ2v) is 7.11. The van der Waals surface area contributed by atoms with E-state index in [1.54, 1.807) is 37.4 Å². The lowest BCUT2D eigenvalue weighted by Crippen LogP contribution is -3.19. The largest absolute Gasteiger partial charge is 0.495 e. The van der Waals surface area contributed by atoms with E-state index in [0.717, 1.165) is 31.9 Å². The first-order chi connectivity index (χ1) is 13.0. The minimum atomic E-state index is -0.232. The van der Waals surface area contributed by atoms with Crippen molar-refractivity contribution < 1.29 is 18.8 Å². The third-order valence-electron chi connectivity index (χ3n) is 5.02. The SMILES string of the molecule is COc1ccc(Cl)cc1NC(=O)[C@H](C)[NH+]1CCN(c2ccc(F)cc2)CC1. The molecule has 0 spiro atoms. The summed E-state index contributed by atoms with van der Waals surface area (Å²) < 4.78 is 18.4. The van der Waals surface area contributed by atoms with Gasteiger partial charge in [-0.1, -0.05) is 11.6 Å². The van der Waals surface area contributed by atoms with E-state index in [1.807, 2.05) is 6.92 Å². The van der Waals surface area contributed by atoms with Crippen LogP contribution in [0.4, 0.5) is 15.8 Å². The van der Waals surface area contributed by atoms with Crippen LogP contribution in [0.2, 0.25) is 5.02 Å². The molecule has 0 bridgehead atoms. The zero-order valence-corrected chi connectivity index (χ0v) is 16.2. The van der Waals surface area contributed by atoms with Gasteiger partial charge in [0.2, 0.25) is 0 Å². The number of benzene rings is 2. The molecule has 1 aliphatic rings. The Kier molecular flexibility index (Phi) is 6.19. The summed E-state index contributed by atoms with van der Waals surface area (Å²) in [5, 5.41) is 3.46. The number of carbonyl (C=O) groups is 1. The van der Waals surface area contributed by atoms with Crippen molar-refractivity contribution in [2.45, 2.75) is 13.0 Å². The summed E-state index contributed by atoms with van der Waals surface area (Å²) in [6.07, 6.45) is 0. The van der Waals surface area contributed by atoms with Crippen molar-refractivity contribution in [3.8, 4) is 5.75 Å². The first-order valence-electron chi connectivity index (χ1n) is 8.97. The van der Waals surface area contributed by atoms with E-state index in [2.05, 4.69) is 10.2 Å². The number of amides is 1. The van der Waals surface area contributed by atoms with Gasteiger partial charge in [0.15, 0.2) is 6.04 Å². The van der Waals surface area contributed by atoms with Crippen LogP contribution in [0.25, 0.3) is 0 Å². The number of nitrogens with zero attached hydrogens (tertiary/aromatic N) is 1. The normalized spacial score (nSPS) is 16.1. The summed E-state index contributed by atoms with van der Waals surface area (Å²) in [4.78, 5) is 16.1. The fourth-order valence-electron chi connectivity index (χ4n) is 3.34. The molecule has 3 rings (SSSR count). The third kappa shape index (κ3) is 4.70. The highest BCUT2D eigenvalue weighted by atomic mass is 35.5. The molecule has 2 N–H and O–H groups in total. The van der Waals surface area contributed by atoms with Gasteiger partial charge in [0.25, 0.3) is 5.91 Å². The molecule has 1 atom stereocenters. The molecule has 1 heterocycles. The molecule has 1 amide bonds. The second-order valence-electron chi connectivity index (χ2n) is 6.68. The van der Waals surface area contributed by atoms with E-state index in [4.69, 9.17) is 16.3 Å². The van der Waals surface area contributed by atoms with E-state index < -0.39 is 0 Å². The highest BCUT2D eigenvalue weighted by molar-refractivity contribution is 6.31. The minimum absolute atomic E-state index is 0.0687. The molecular formula is C20H24ClFN3O2+. The first-order valence-corrected chi connectivity index (χ1v) is 9.35. The summed E-state index contributed by atoms with van der Waals surface area (Å²) in [5.41, 5.74) is 1.59. The van der Waals surface area contributed by atoms with Crippen molar-refractivity contribution in [3.05, 3.63) is 53.3 Å². The van der Waals surface area contributed by atoms with Crippen LogP contribution in [0.5, 0.6) is 5.75 Å². The lowest BCUT2D eigenvalue weighted by Gasteiger charge is -2.36. The molecule has 2 aromatic rings. The molecule has 1 aliphatic heterocycles. The summed E-state index contributed by atoms with van der Waals surface area (Å²) in [5.74, 6) is 0.279. The van der Waals surface area contributed by atoms with Gasteiger partial charge in [0.05, 0.1) is 39.0 Å². The lowest BCUT2D eigenvalue weighted by molar-refractivity contribution is -0.914. The number of piperazine rings is 1. The molecule has 27 heavy (non-hydrogen) atoms. The highest BCUT2D eigenvalue weighted by Gasteiger charge is 2.29. The molecular weight excluding hydrogens is 369 g/mol. The molecule has 7 heteroatoms. The molecule has 0 unspecified atom stereocenters. The number of quaternary nitrogens is 1. The maximum Gasteiger partial charge on any atom is 0.282 e. The number of anilines is 2. The summed E-state index contributed by atoms with van der Waals surface area (Å²) in [7, 11) is 1.56. The van der Waals surface area contributed by atoms with Crippen molar-refractivity contribution in [2.75, 3.05) is 43.5 Å². The number of halogens is 2. The average Bonchev–Trinajstić information content (AvgIpc) is 2.68. The Morgan fingerprint density at radius 3 is 2.52 bits per heavy atom. The highest BCUT2D eigenvalue weighted by Crippen LogP contribution is 2.27. The topological polar surface area (TPSA) is 46.0 Å². The number of hydrogen-bond acceptors (Lipinski definition) is 3. The standard InChI is InChI=1S/C20H23ClFN3O2/c1-14(20(26)23-18-13-15(21)3-8-19(18)27-2)24-9-11-25(12-10-24)17-6-4-16(22)5-7-17/h3-8,13-14H,9-12H2,1-2H3,(H,23,26)/p+1/t14-/m0/s1. The Morgan fingerprint density at radius 1 is 1.22 bits per heavy atom. The van der Waals surface area contributed by atoms with Crippen LogP contribution >= 0.6 is 11.6 Å². The zero-order chi connectivity index (χ0) is 19.4. The van der Waals surface area contributed by atoms with Crippen LogP contribution < -0.4 is 19.9 Å². The number of methoxy groups -OCH3 is 1. The zero-order valence-electron chi connectivity index (χ0n) is 15.5. The monoisotopic (exact) mass is 392 g/mol. The maximum atomic E-state index is 13.1. The number of hydrogen-bond donors (Lipinski definition) is 2. The van der Waals surface area contributed by atoms with Gasteiger partial charge in [-0.05, 0) is 49.4 Å². The molecule has 0 radical (unpaired) electrons. The van der Waals surface area contributed by atoms with E-state index in [1.165, 1.54) is 17.0 Å². The molecule has 144 valence electrons. The van der Waals surface area contributed by atoms with Crippen molar-refractivity contribution >= 4 is 28.9 Å². The van der Waals surface area contributed by atoms with E-state index in [-0.39, 0.29) is 17.8 Å². The quantitative estimate of drug-likeness (QED) is 0.820. The molecule has 0 saturated carbocycles. The van der Waals surface area contributed by atoms with Gasteiger partial charge in [-0.2, -0.15) is 0 Å². The number of rotatable bonds is 5. The van der Waals surface area contributed by atoms with E-state index >= 15 is 0 Å². The van der Waals surface area contributed by atoms with Gasteiger partial charge in [-0.25, -0.2) is 4.39 Å². The molecule has 1 saturated heterocycles. The third-order valence-corrected chi connectivity index (χ3v) is 5.26. The molecule has 5 nitrogen and oxygen atoms in total. The molecule has 0 aliphatic carbocycles. The second kappa shape index (κ2) is 8.59. The molecule has 0 aromatic heterocycles. The smallest absolute Gasteiger partial charge is 0.282 e. The molecule has 2 aromatic carbocycles. The van der Waals surface area contributed by atoms with E-state index in [0.29, 0.717) is 16.5 Å². The van der Waals surface area contributed by atoms with Gasteiger partial charge < -0.3 is 19.9 Å². The van der Waals surface area contributed by atoms with Crippen molar-refractivity contribution in [1.29, 1.82) is 0 Å². The van der Waals surface area contributed by atoms with Crippen LogP contribution in [-0.2, 0) is 4.79 Å². The van der Waals surface area contributed by atoms with Gasteiger partial charge >= 0.3 is 0 Å². The predicted octanol–water partition coefficient (Wildman–Crippen LogP) is 2.22. The maximum absolute atomic E-state index is 13.1. The number of ether oxygens (including phenoxy) is 1. The van der Waals surface area contributed by atoms with Crippen molar-refractivity contribution in [2.24, 2.45) is 0 Å². The van der Waals surface area contributed by atoms with Crippen molar-refractivity contribution in [1.82, 2.24) is 0 Å². The summed E-state index contributed by atoms with van der Waals surface area (Å²) >= 11 is 6.03. The minimum Gasteiger partial charge on any atom is -0.495 e. The van der Waals surface area contributed by atoms with Crippen LogP contribution in [0, 0.1) is 5.82 Å². The Balaban J connectivity index is 1.58.